The highest BCUT2D eigenvalue weighted by Gasteiger charge is 2.43. The van der Waals surface area contributed by atoms with Gasteiger partial charge in [0.15, 0.2) is 0 Å². The third kappa shape index (κ3) is 2.48. The quantitative estimate of drug-likeness (QED) is 0.710. The minimum Gasteiger partial charge on any atom is -0.377 e. The molecule has 1 saturated carbocycles. The summed E-state index contributed by atoms with van der Waals surface area (Å²) in [4.78, 5) is 0. The van der Waals surface area contributed by atoms with Crippen LogP contribution in [0.4, 0.5) is 0 Å². The largest absolute Gasteiger partial charge is 0.377 e. The van der Waals surface area contributed by atoms with E-state index >= 15 is 0 Å². The maximum atomic E-state index is 5.70. The van der Waals surface area contributed by atoms with Gasteiger partial charge in [0.1, 0.15) is 0 Å². The first-order chi connectivity index (χ1) is 6.64. The Labute approximate surface area is 88.4 Å². The Morgan fingerprint density at radius 3 is 2.21 bits per heavy atom. The predicted octanol–water partition coefficient (Wildman–Crippen LogP) is 2.58. The molecule has 0 aromatic carbocycles. The van der Waals surface area contributed by atoms with E-state index in [2.05, 4.69) is 26.2 Å². The first-order valence-electron chi connectivity index (χ1n) is 5.87. The van der Waals surface area contributed by atoms with Gasteiger partial charge in [-0.2, -0.15) is 0 Å². The van der Waals surface area contributed by atoms with Crippen LogP contribution in [0, 0.1) is 5.92 Å². The second kappa shape index (κ2) is 5.13. The summed E-state index contributed by atoms with van der Waals surface area (Å²) in [5.74, 6) is 0.792. The van der Waals surface area contributed by atoms with Crippen LogP contribution in [0.1, 0.15) is 46.0 Å². The van der Waals surface area contributed by atoms with Gasteiger partial charge in [-0.1, -0.05) is 13.8 Å². The van der Waals surface area contributed by atoms with Gasteiger partial charge in [-0.25, -0.2) is 0 Å². The van der Waals surface area contributed by atoms with Crippen molar-refractivity contribution < 1.29 is 4.74 Å². The van der Waals surface area contributed by atoms with Crippen LogP contribution >= 0.6 is 0 Å². The molecule has 0 spiro atoms. The normalized spacial score (nSPS) is 22.1. The molecule has 2 heteroatoms. The predicted molar refractivity (Wildman–Crippen MR) is 60.5 cm³/mol. The molecule has 1 unspecified atom stereocenters. The second-order valence-electron chi connectivity index (χ2n) is 4.93. The second-order valence-corrected chi connectivity index (χ2v) is 4.93. The summed E-state index contributed by atoms with van der Waals surface area (Å²) in [5.41, 5.74) is 0.156. The molecular weight excluding hydrogens is 174 g/mol. The summed E-state index contributed by atoms with van der Waals surface area (Å²) in [5, 5.41) is 3.43. The number of likely N-dealkylation sites (N-methyl/N-ethyl adjacent to an activating group) is 1. The third-order valence-electron chi connectivity index (χ3n) is 3.62. The maximum Gasteiger partial charge on any atom is 0.0830 e. The molecule has 1 N–H and O–H groups in total. The molecule has 0 heterocycles. The number of ether oxygens (including phenoxy) is 1. The molecule has 0 saturated heterocycles. The van der Waals surface area contributed by atoms with Crippen LogP contribution in [0.3, 0.4) is 0 Å². The molecule has 1 atom stereocenters. The Bertz CT molecular complexity index is 158. The fourth-order valence-corrected chi connectivity index (χ4v) is 2.39. The SMILES string of the molecule is CNC(CCC(C)C)C1(OC)CCC1. The standard InChI is InChI=1S/C12H25NO/c1-10(2)6-7-11(13-3)12(14-4)8-5-9-12/h10-11,13H,5-9H2,1-4H3. The molecule has 14 heavy (non-hydrogen) atoms. The zero-order chi connectivity index (χ0) is 10.6. The van der Waals surface area contributed by atoms with Crippen molar-refractivity contribution in [3.8, 4) is 0 Å². The van der Waals surface area contributed by atoms with E-state index < -0.39 is 0 Å². The van der Waals surface area contributed by atoms with Crippen LogP contribution in [0.15, 0.2) is 0 Å². The average Bonchev–Trinajstić information content (AvgIpc) is 2.09. The van der Waals surface area contributed by atoms with Crippen molar-refractivity contribution in [2.24, 2.45) is 5.92 Å². The lowest BCUT2D eigenvalue weighted by Gasteiger charge is -2.46. The van der Waals surface area contributed by atoms with Gasteiger partial charge < -0.3 is 10.1 Å². The van der Waals surface area contributed by atoms with Crippen LogP contribution in [-0.4, -0.2) is 25.8 Å². The fraction of sp³-hybridized carbons (Fsp3) is 1.00. The topological polar surface area (TPSA) is 21.3 Å². The summed E-state index contributed by atoms with van der Waals surface area (Å²) in [6.45, 7) is 4.57. The lowest BCUT2D eigenvalue weighted by atomic mass is 9.72. The zero-order valence-electron chi connectivity index (χ0n) is 10.1. The Morgan fingerprint density at radius 2 is 1.93 bits per heavy atom. The van der Waals surface area contributed by atoms with Gasteiger partial charge in [0.2, 0.25) is 0 Å². The minimum atomic E-state index is 0.156. The average molecular weight is 199 g/mol. The molecule has 0 radical (unpaired) electrons. The Kier molecular flexibility index (Phi) is 4.39. The van der Waals surface area contributed by atoms with Crippen molar-refractivity contribution in [2.75, 3.05) is 14.2 Å². The van der Waals surface area contributed by atoms with E-state index in [0.717, 1.165) is 5.92 Å². The van der Waals surface area contributed by atoms with Crippen LogP contribution in [0.2, 0.25) is 0 Å². The molecule has 84 valence electrons. The first kappa shape index (κ1) is 12.0. The molecule has 0 aromatic rings. The lowest BCUT2D eigenvalue weighted by molar-refractivity contribution is -0.0992. The van der Waals surface area contributed by atoms with Gasteiger partial charge in [-0.3, -0.25) is 0 Å². The Hall–Kier alpha value is -0.0800. The van der Waals surface area contributed by atoms with Gasteiger partial charge in [-0.05, 0) is 45.1 Å². The first-order valence-corrected chi connectivity index (χ1v) is 5.87. The number of nitrogens with one attached hydrogen (secondary N) is 1. The molecule has 0 aliphatic heterocycles. The van der Waals surface area contributed by atoms with E-state index in [-0.39, 0.29) is 5.60 Å². The molecular formula is C12H25NO. The lowest BCUT2D eigenvalue weighted by Crippen LogP contribution is -2.55. The summed E-state index contributed by atoms with van der Waals surface area (Å²) in [6.07, 6.45) is 6.31. The summed E-state index contributed by atoms with van der Waals surface area (Å²) < 4.78 is 5.70. The van der Waals surface area contributed by atoms with Gasteiger partial charge >= 0.3 is 0 Å². The smallest absolute Gasteiger partial charge is 0.0830 e. The van der Waals surface area contributed by atoms with Crippen molar-refractivity contribution in [3.05, 3.63) is 0 Å². The summed E-state index contributed by atoms with van der Waals surface area (Å²) in [6, 6.07) is 0.545. The van der Waals surface area contributed by atoms with Gasteiger partial charge in [0.25, 0.3) is 0 Å². The van der Waals surface area contributed by atoms with Crippen molar-refractivity contribution in [1.82, 2.24) is 5.32 Å². The highest BCUT2D eigenvalue weighted by Crippen LogP contribution is 2.39. The van der Waals surface area contributed by atoms with Gasteiger partial charge in [0, 0.05) is 13.2 Å². The summed E-state index contributed by atoms with van der Waals surface area (Å²) in [7, 11) is 3.92. The summed E-state index contributed by atoms with van der Waals surface area (Å²) >= 11 is 0. The molecule has 1 aliphatic rings. The molecule has 0 bridgehead atoms. The zero-order valence-corrected chi connectivity index (χ0v) is 10.1. The van der Waals surface area contributed by atoms with Crippen LogP contribution in [0.5, 0.6) is 0 Å². The molecule has 1 rings (SSSR count). The van der Waals surface area contributed by atoms with Crippen molar-refractivity contribution in [1.29, 1.82) is 0 Å². The highest BCUT2D eigenvalue weighted by molar-refractivity contribution is 4.99. The molecule has 2 nitrogen and oxygen atoms in total. The van der Waals surface area contributed by atoms with E-state index in [1.807, 2.05) is 7.11 Å². The molecule has 1 fully saturated rings. The molecule has 1 aliphatic carbocycles. The van der Waals surface area contributed by atoms with Crippen molar-refractivity contribution >= 4 is 0 Å². The van der Waals surface area contributed by atoms with Crippen molar-refractivity contribution in [3.63, 3.8) is 0 Å². The number of methoxy groups -OCH3 is 1. The third-order valence-corrected chi connectivity index (χ3v) is 3.62. The monoisotopic (exact) mass is 199 g/mol. The maximum absolute atomic E-state index is 5.70. The van der Waals surface area contributed by atoms with Crippen LogP contribution in [0.25, 0.3) is 0 Å². The van der Waals surface area contributed by atoms with Gasteiger partial charge in [-0.15, -0.1) is 0 Å². The van der Waals surface area contributed by atoms with E-state index in [4.69, 9.17) is 4.74 Å². The Balaban J connectivity index is 2.43. The van der Waals surface area contributed by atoms with Gasteiger partial charge in [0.05, 0.1) is 5.60 Å². The minimum absolute atomic E-state index is 0.156. The van der Waals surface area contributed by atoms with E-state index in [9.17, 15) is 0 Å². The van der Waals surface area contributed by atoms with E-state index in [1.165, 1.54) is 32.1 Å². The Morgan fingerprint density at radius 1 is 1.29 bits per heavy atom. The number of rotatable bonds is 6. The molecule has 0 aromatic heterocycles. The molecule has 0 amide bonds. The number of hydrogen-bond donors (Lipinski definition) is 1. The highest BCUT2D eigenvalue weighted by atomic mass is 16.5. The van der Waals surface area contributed by atoms with Crippen molar-refractivity contribution in [2.45, 2.75) is 57.6 Å². The van der Waals surface area contributed by atoms with E-state index in [0.29, 0.717) is 6.04 Å². The van der Waals surface area contributed by atoms with E-state index in [1.54, 1.807) is 0 Å². The van der Waals surface area contributed by atoms with Crippen LogP contribution < -0.4 is 5.32 Å². The van der Waals surface area contributed by atoms with Crippen LogP contribution in [-0.2, 0) is 4.74 Å². The fourth-order valence-electron chi connectivity index (χ4n) is 2.39. The number of hydrogen-bond acceptors (Lipinski definition) is 2.